The van der Waals surface area contributed by atoms with E-state index in [2.05, 4.69) is 125 Å². The fourth-order valence-corrected chi connectivity index (χ4v) is 10.0. The van der Waals surface area contributed by atoms with Crippen molar-refractivity contribution in [2.75, 3.05) is 4.90 Å². The number of hydrogen-bond donors (Lipinski definition) is 0. The summed E-state index contributed by atoms with van der Waals surface area (Å²) in [6.45, 7) is 13.0. The number of benzene rings is 8. The monoisotopic (exact) mass is 776 g/mol. The molecule has 4 nitrogen and oxygen atoms in total. The number of aromatic nitrogens is 1. The lowest BCUT2D eigenvalue weighted by molar-refractivity contribution is 0.0926. The Balaban J connectivity index is 1.23. The highest BCUT2D eigenvalue weighted by Gasteiger charge is 2.41. The van der Waals surface area contributed by atoms with Crippen molar-refractivity contribution in [2.45, 2.75) is 41.5 Å². The predicted octanol–water partition coefficient (Wildman–Crippen LogP) is 14.1. The Morgan fingerprint density at radius 3 is 1.33 bits per heavy atom. The van der Waals surface area contributed by atoms with Crippen LogP contribution in [0.5, 0.6) is 0 Å². The molecule has 1 aliphatic heterocycles. The fourth-order valence-electron chi connectivity index (χ4n) is 10.0. The normalized spacial score (nSPS) is 12.5. The van der Waals surface area contributed by atoms with E-state index in [1.54, 1.807) is 6.07 Å². The van der Waals surface area contributed by atoms with Crippen LogP contribution in [0.4, 0.5) is 5.69 Å². The van der Waals surface area contributed by atoms with Crippen molar-refractivity contribution in [3.05, 3.63) is 202 Å². The number of rotatable bonds is 6. The largest absolute Gasteiger partial charge is 0.308 e. The molecule has 0 atom stereocenters. The SMILES string of the molecule is Cc1cc(C)c(-c2ccc3c4ccc(-c5c(C)cc(C)cc5C)cc4n(-c4cccc5c4C(=O)N(c4cccc(-c6ccccc6)c4-c4ccccc4)C5=O)c3c2)c(C)c1. The van der Waals surface area contributed by atoms with Gasteiger partial charge in [-0.1, -0.05) is 139 Å². The standard InChI is InChI=1S/C56H44N2O2/c1-33-27-35(3)51(36(4)28-33)41-23-25-44-45-26-24-42(52-37(5)29-34(2)30-38(52)6)32-50(45)57(49(44)31-41)48-22-14-20-46-54(48)56(60)58(55(46)59)47-21-13-19-43(39-15-9-7-10-16-39)53(47)40-17-11-8-12-18-40/h7-32H,1-6H3. The third kappa shape index (κ3) is 5.82. The Labute approximate surface area is 351 Å². The number of aryl methyl sites for hydroxylation is 6. The first kappa shape index (κ1) is 37.0. The van der Waals surface area contributed by atoms with Crippen LogP contribution in [0.25, 0.3) is 72.0 Å². The van der Waals surface area contributed by atoms with Crippen LogP contribution in [0.3, 0.4) is 0 Å². The molecule has 0 spiro atoms. The van der Waals surface area contributed by atoms with E-state index in [-0.39, 0.29) is 11.8 Å². The molecule has 1 aromatic heterocycles. The Kier molecular flexibility index (Phi) is 8.76. The number of anilines is 1. The molecule has 8 aromatic carbocycles. The molecule has 0 radical (unpaired) electrons. The predicted molar refractivity (Wildman–Crippen MR) is 249 cm³/mol. The van der Waals surface area contributed by atoms with Crippen LogP contribution in [0.15, 0.2) is 158 Å². The average molecular weight is 777 g/mol. The van der Waals surface area contributed by atoms with Gasteiger partial charge in [-0.15, -0.1) is 0 Å². The summed E-state index contributed by atoms with van der Waals surface area (Å²) in [6.07, 6.45) is 0. The summed E-state index contributed by atoms with van der Waals surface area (Å²) in [4.78, 5) is 31.6. The minimum absolute atomic E-state index is 0.335. The van der Waals surface area contributed by atoms with Gasteiger partial charge in [-0.25, -0.2) is 4.90 Å². The van der Waals surface area contributed by atoms with Crippen LogP contribution in [0.1, 0.15) is 54.1 Å². The molecule has 9 aromatic rings. The quantitative estimate of drug-likeness (QED) is 0.158. The Hall–Kier alpha value is -7.30. The first-order chi connectivity index (χ1) is 29.1. The third-order valence-corrected chi connectivity index (χ3v) is 12.3. The van der Waals surface area contributed by atoms with Gasteiger partial charge >= 0.3 is 0 Å². The smallest absolute Gasteiger partial charge is 0.268 e. The fraction of sp³-hybridized carbons (Fsp3) is 0.107. The lowest BCUT2D eigenvalue weighted by Crippen LogP contribution is -2.30. The molecular weight excluding hydrogens is 733 g/mol. The second kappa shape index (κ2) is 14.2. The van der Waals surface area contributed by atoms with Crippen molar-refractivity contribution in [1.29, 1.82) is 0 Å². The first-order valence-electron chi connectivity index (χ1n) is 20.6. The molecule has 2 amide bonds. The summed E-state index contributed by atoms with van der Waals surface area (Å²) in [7, 11) is 0. The van der Waals surface area contributed by atoms with Gasteiger partial charge in [0.05, 0.1) is 33.5 Å². The van der Waals surface area contributed by atoms with E-state index in [1.165, 1.54) is 49.4 Å². The molecule has 0 N–H and O–H groups in total. The van der Waals surface area contributed by atoms with Gasteiger partial charge in [-0.3, -0.25) is 9.59 Å². The van der Waals surface area contributed by atoms with Crippen molar-refractivity contribution in [2.24, 2.45) is 0 Å². The molecule has 60 heavy (non-hydrogen) atoms. The molecule has 10 rings (SSSR count). The number of carbonyl (C=O) groups excluding carboxylic acids is 2. The number of hydrogen-bond acceptors (Lipinski definition) is 2. The maximum Gasteiger partial charge on any atom is 0.268 e. The third-order valence-electron chi connectivity index (χ3n) is 12.3. The number of imide groups is 1. The van der Waals surface area contributed by atoms with Crippen molar-refractivity contribution in [1.82, 2.24) is 4.57 Å². The maximum atomic E-state index is 15.3. The second-order valence-corrected chi connectivity index (χ2v) is 16.4. The summed E-state index contributed by atoms with van der Waals surface area (Å²) in [5.74, 6) is -0.677. The van der Waals surface area contributed by atoms with Crippen molar-refractivity contribution in [3.63, 3.8) is 0 Å². The highest BCUT2D eigenvalue weighted by molar-refractivity contribution is 6.37. The summed E-state index contributed by atoms with van der Waals surface area (Å²) >= 11 is 0. The zero-order valence-corrected chi connectivity index (χ0v) is 34.7. The number of carbonyl (C=O) groups is 2. The molecular formula is C56H44N2O2. The molecule has 290 valence electrons. The van der Waals surface area contributed by atoms with Crippen molar-refractivity contribution < 1.29 is 9.59 Å². The number of nitrogens with zero attached hydrogens (tertiary/aromatic N) is 2. The van der Waals surface area contributed by atoms with E-state index in [0.717, 1.165) is 55.2 Å². The van der Waals surface area contributed by atoms with Gasteiger partial charge in [0.15, 0.2) is 0 Å². The van der Waals surface area contributed by atoms with Crippen LogP contribution in [0, 0.1) is 41.5 Å². The molecule has 4 heteroatoms. The van der Waals surface area contributed by atoms with Gasteiger partial charge < -0.3 is 4.57 Å². The molecule has 0 bridgehead atoms. The Morgan fingerprint density at radius 2 is 0.817 bits per heavy atom. The summed E-state index contributed by atoms with van der Waals surface area (Å²) < 4.78 is 2.22. The highest BCUT2D eigenvalue weighted by atomic mass is 16.2. The van der Waals surface area contributed by atoms with Crippen LogP contribution >= 0.6 is 0 Å². The zero-order chi connectivity index (χ0) is 41.4. The van der Waals surface area contributed by atoms with Crippen LogP contribution in [-0.4, -0.2) is 16.4 Å². The van der Waals surface area contributed by atoms with Crippen LogP contribution in [0.2, 0.25) is 0 Å². The minimum Gasteiger partial charge on any atom is -0.308 e. The van der Waals surface area contributed by atoms with Gasteiger partial charge in [0, 0.05) is 16.3 Å². The van der Waals surface area contributed by atoms with E-state index in [1.807, 2.05) is 72.8 Å². The Morgan fingerprint density at radius 1 is 0.350 bits per heavy atom. The molecule has 2 heterocycles. The number of fused-ring (bicyclic) bond motifs is 4. The highest BCUT2D eigenvalue weighted by Crippen LogP contribution is 2.45. The van der Waals surface area contributed by atoms with E-state index < -0.39 is 0 Å². The topological polar surface area (TPSA) is 42.3 Å². The average Bonchev–Trinajstić information content (AvgIpc) is 3.69. The molecule has 0 saturated heterocycles. The first-order valence-corrected chi connectivity index (χ1v) is 20.6. The zero-order valence-electron chi connectivity index (χ0n) is 34.7. The lowest BCUT2D eigenvalue weighted by atomic mass is 9.92. The molecule has 1 aliphatic rings. The van der Waals surface area contributed by atoms with Gasteiger partial charge in [0.25, 0.3) is 11.8 Å². The maximum absolute atomic E-state index is 15.3. The summed E-state index contributed by atoms with van der Waals surface area (Å²) in [5.41, 5.74) is 19.6. The van der Waals surface area contributed by atoms with E-state index in [4.69, 9.17) is 0 Å². The van der Waals surface area contributed by atoms with Gasteiger partial charge in [-0.05, 0) is 133 Å². The van der Waals surface area contributed by atoms with Gasteiger partial charge in [0.1, 0.15) is 0 Å². The van der Waals surface area contributed by atoms with Gasteiger partial charge in [0.2, 0.25) is 0 Å². The van der Waals surface area contributed by atoms with E-state index in [0.29, 0.717) is 22.5 Å². The van der Waals surface area contributed by atoms with Crippen molar-refractivity contribution >= 4 is 39.3 Å². The van der Waals surface area contributed by atoms with Gasteiger partial charge in [-0.2, -0.15) is 0 Å². The molecule has 0 fully saturated rings. The molecule has 0 unspecified atom stereocenters. The van der Waals surface area contributed by atoms with E-state index >= 15 is 4.79 Å². The van der Waals surface area contributed by atoms with E-state index in [9.17, 15) is 4.79 Å². The molecule has 0 aliphatic carbocycles. The summed E-state index contributed by atoms with van der Waals surface area (Å²) in [6, 6.07) is 54.1. The lowest BCUT2D eigenvalue weighted by Gasteiger charge is -2.22. The van der Waals surface area contributed by atoms with Crippen molar-refractivity contribution in [3.8, 4) is 50.2 Å². The number of amides is 2. The summed E-state index contributed by atoms with van der Waals surface area (Å²) in [5, 5.41) is 2.15. The Bertz CT molecular complexity index is 3080. The second-order valence-electron chi connectivity index (χ2n) is 16.4. The minimum atomic E-state index is -0.342. The molecule has 0 saturated carbocycles. The van der Waals surface area contributed by atoms with Crippen LogP contribution < -0.4 is 4.90 Å². The van der Waals surface area contributed by atoms with Crippen LogP contribution in [-0.2, 0) is 0 Å².